The Hall–Kier alpha value is -1.16. The van der Waals surface area contributed by atoms with Gasteiger partial charge < -0.3 is 5.32 Å². The Morgan fingerprint density at radius 2 is 2.06 bits per heavy atom. The van der Waals surface area contributed by atoms with Crippen molar-refractivity contribution in [1.29, 1.82) is 0 Å². The van der Waals surface area contributed by atoms with Gasteiger partial charge in [-0.15, -0.1) is 11.6 Å². The third kappa shape index (κ3) is 3.66. The van der Waals surface area contributed by atoms with Gasteiger partial charge in [-0.1, -0.05) is 0 Å². The zero-order chi connectivity index (χ0) is 13.0. The van der Waals surface area contributed by atoms with Crippen LogP contribution in [-0.4, -0.2) is 17.8 Å². The quantitative estimate of drug-likeness (QED) is 0.830. The molecule has 0 heterocycles. The first kappa shape index (κ1) is 13.9. The predicted molar refractivity (Wildman–Crippen MR) is 63.4 cm³/mol. The fourth-order valence-electron chi connectivity index (χ4n) is 1.37. The fourth-order valence-corrected chi connectivity index (χ4v) is 1.70. The molecule has 94 valence electrons. The molecule has 1 aromatic rings. The lowest BCUT2D eigenvalue weighted by Gasteiger charge is -2.13. The van der Waals surface area contributed by atoms with Gasteiger partial charge in [0.25, 0.3) is 5.91 Å². The van der Waals surface area contributed by atoms with Gasteiger partial charge >= 0.3 is 0 Å². The van der Waals surface area contributed by atoms with Gasteiger partial charge in [-0.05, 0) is 31.9 Å². The summed E-state index contributed by atoms with van der Waals surface area (Å²) in [4.78, 5) is 11.7. The van der Waals surface area contributed by atoms with Crippen molar-refractivity contribution in [3.8, 4) is 0 Å². The number of halogens is 3. The standard InChI is InChI=1S/C12H14ClF2NO/c1-7-5-9(11(15)6-10(7)14)12(17)16-8(2)3-4-13/h5-6,8H,3-4H2,1-2H3,(H,16,17). The number of nitrogens with one attached hydrogen (secondary N) is 1. The van der Waals surface area contributed by atoms with Crippen molar-refractivity contribution in [2.24, 2.45) is 0 Å². The molecule has 1 aromatic carbocycles. The van der Waals surface area contributed by atoms with Crippen LogP contribution < -0.4 is 5.32 Å². The summed E-state index contributed by atoms with van der Waals surface area (Å²) in [6.45, 7) is 3.25. The van der Waals surface area contributed by atoms with Gasteiger partial charge in [0.15, 0.2) is 0 Å². The van der Waals surface area contributed by atoms with Crippen molar-refractivity contribution >= 4 is 17.5 Å². The Morgan fingerprint density at radius 1 is 1.41 bits per heavy atom. The molecule has 1 unspecified atom stereocenters. The monoisotopic (exact) mass is 261 g/mol. The van der Waals surface area contributed by atoms with Gasteiger partial charge in [-0.3, -0.25) is 4.79 Å². The molecule has 1 amide bonds. The first-order valence-corrected chi connectivity index (χ1v) is 5.81. The van der Waals surface area contributed by atoms with Crippen molar-refractivity contribution in [2.75, 3.05) is 5.88 Å². The number of hydrogen-bond donors (Lipinski definition) is 1. The summed E-state index contributed by atoms with van der Waals surface area (Å²) in [5.74, 6) is -1.66. The minimum Gasteiger partial charge on any atom is -0.349 e. The van der Waals surface area contributed by atoms with Crippen LogP contribution in [-0.2, 0) is 0 Å². The molecule has 0 aliphatic rings. The molecule has 0 saturated carbocycles. The van der Waals surface area contributed by atoms with E-state index in [9.17, 15) is 13.6 Å². The van der Waals surface area contributed by atoms with E-state index in [-0.39, 0.29) is 17.2 Å². The molecule has 0 aromatic heterocycles. The SMILES string of the molecule is Cc1cc(C(=O)NC(C)CCCl)c(F)cc1F. The summed E-state index contributed by atoms with van der Waals surface area (Å²) in [5.41, 5.74) is 0.0897. The van der Waals surface area contributed by atoms with Crippen LogP contribution in [0.25, 0.3) is 0 Å². The molecule has 0 spiro atoms. The van der Waals surface area contributed by atoms with Crippen LogP contribution in [0.15, 0.2) is 12.1 Å². The smallest absolute Gasteiger partial charge is 0.254 e. The maximum absolute atomic E-state index is 13.4. The molecule has 0 radical (unpaired) electrons. The highest BCUT2D eigenvalue weighted by Crippen LogP contribution is 2.14. The zero-order valence-corrected chi connectivity index (χ0v) is 10.4. The van der Waals surface area contributed by atoms with E-state index in [1.807, 2.05) is 0 Å². The second kappa shape index (κ2) is 5.96. The average Bonchev–Trinajstić information content (AvgIpc) is 2.23. The van der Waals surface area contributed by atoms with Crippen LogP contribution in [0.1, 0.15) is 29.3 Å². The average molecular weight is 262 g/mol. The summed E-state index contributed by atoms with van der Waals surface area (Å²) in [5, 5.41) is 2.60. The van der Waals surface area contributed by atoms with Gasteiger partial charge in [-0.25, -0.2) is 8.78 Å². The number of amides is 1. The number of aryl methyl sites for hydroxylation is 1. The minimum absolute atomic E-state index is 0.148. The number of hydrogen-bond acceptors (Lipinski definition) is 1. The molecule has 17 heavy (non-hydrogen) atoms. The highest BCUT2D eigenvalue weighted by Gasteiger charge is 2.16. The topological polar surface area (TPSA) is 29.1 Å². The largest absolute Gasteiger partial charge is 0.349 e. The van der Waals surface area contributed by atoms with Gasteiger partial charge in [0.1, 0.15) is 11.6 Å². The fraction of sp³-hybridized carbons (Fsp3) is 0.417. The third-order valence-corrected chi connectivity index (χ3v) is 2.63. The van der Waals surface area contributed by atoms with Gasteiger partial charge in [0, 0.05) is 18.0 Å². The first-order valence-electron chi connectivity index (χ1n) is 5.28. The Morgan fingerprint density at radius 3 is 2.65 bits per heavy atom. The van der Waals surface area contributed by atoms with Crippen molar-refractivity contribution in [2.45, 2.75) is 26.3 Å². The van der Waals surface area contributed by atoms with E-state index < -0.39 is 17.5 Å². The second-order valence-electron chi connectivity index (χ2n) is 3.93. The third-order valence-electron chi connectivity index (χ3n) is 2.41. The maximum atomic E-state index is 13.4. The molecule has 0 saturated heterocycles. The Bertz CT molecular complexity index is 423. The molecule has 1 rings (SSSR count). The number of rotatable bonds is 4. The van der Waals surface area contributed by atoms with Crippen LogP contribution in [0.3, 0.4) is 0 Å². The van der Waals surface area contributed by atoms with Crippen molar-refractivity contribution in [3.05, 3.63) is 34.9 Å². The highest BCUT2D eigenvalue weighted by atomic mass is 35.5. The van der Waals surface area contributed by atoms with Crippen molar-refractivity contribution < 1.29 is 13.6 Å². The van der Waals surface area contributed by atoms with E-state index in [4.69, 9.17) is 11.6 Å². The van der Waals surface area contributed by atoms with Crippen LogP contribution in [0.2, 0.25) is 0 Å². The number of carbonyl (C=O) groups is 1. The lowest BCUT2D eigenvalue weighted by atomic mass is 10.1. The molecule has 1 atom stereocenters. The van der Waals surface area contributed by atoms with E-state index in [0.717, 1.165) is 6.07 Å². The molecule has 0 fully saturated rings. The Labute approximate surface area is 104 Å². The molecule has 2 nitrogen and oxygen atoms in total. The summed E-state index contributed by atoms with van der Waals surface area (Å²) in [6, 6.07) is 1.77. The minimum atomic E-state index is -0.858. The lowest BCUT2D eigenvalue weighted by Crippen LogP contribution is -2.33. The van der Waals surface area contributed by atoms with E-state index in [1.165, 1.54) is 13.0 Å². The number of carbonyl (C=O) groups excluding carboxylic acids is 1. The molecule has 0 bridgehead atoms. The molecule has 0 aliphatic heterocycles. The summed E-state index contributed by atoms with van der Waals surface area (Å²) in [7, 11) is 0. The van der Waals surface area contributed by atoms with Crippen LogP contribution in [0, 0.1) is 18.6 Å². The molecular weight excluding hydrogens is 248 g/mol. The Kier molecular flexibility index (Phi) is 4.87. The van der Waals surface area contributed by atoms with Crippen LogP contribution in [0.5, 0.6) is 0 Å². The summed E-state index contributed by atoms with van der Waals surface area (Å²) < 4.78 is 26.4. The zero-order valence-electron chi connectivity index (χ0n) is 9.69. The highest BCUT2D eigenvalue weighted by molar-refractivity contribution is 6.17. The summed E-state index contributed by atoms with van der Waals surface area (Å²) >= 11 is 5.53. The van der Waals surface area contributed by atoms with Crippen LogP contribution >= 0.6 is 11.6 Å². The van der Waals surface area contributed by atoms with Crippen molar-refractivity contribution in [3.63, 3.8) is 0 Å². The van der Waals surface area contributed by atoms with Gasteiger partial charge in [0.05, 0.1) is 5.56 Å². The van der Waals surface area contributed by atoms with E-state index in [0.29, 0.717) is 12.3 Å². The maximum Gasteiger partial charge on any atom is 0.254 e. The normalized spacial score (nSPS) is 12.3. The first-order chi connectivity index (χ1) is 7.95. The number of benzene rings is 1. The number of alkyl halides is 1. The molecule has 1 N–H and O–H groups in total. The van der Waals surface area contributed by atoms with Gasteiger partial charge in [-0.2, -0.15) is 0 Å². The Balaban J connectivity index is 2.86. The predicted octanol–water partition coefficient (Wildman–Crippen LogP) is 3.02. The van der Waals surface area contributed by atoms with Crippen molar-refractivity contribution in [1.82, 2.24) is 5.32 Å². The molecule has 5 heteroatoms. The van der Waals surface area contributed by atoms with E-state index in [1.54, 1.807) is 6.92 Å². The second-order valence-corrected chi connectivity index (χ2v) is 4.31. The molecular formula is C12H14ClF2NO. The summed E-state index contributed by atoms with van der Waals surface area (Å²) in [6.07, 6.45) is 0.592. The lowest BCUT2D eigenvalue weighted by molar-refractivity contribution is 0.0935. The molecule has 0 aliphatic carbocycles. The van der Waals surface area contributed by atoms with Crippen LogP contribution in [0.4, 0.5) is 8.78 Å². The van der Waals surface area contributed by atoms with Gasteiger partial charge in [0.2, 0.25) is 0 Å². The van der Waals surface area contributed by atoms with E-state index in [2.05, 4.69) is 5.32 Å². The van der Waals surface area contributed by atoms with E-state index >= 15 is 0 Å².